The Bertz CT molecular complexity index is 1490. The number of aromatic hydroxyl groups is 1. The highest BCUT2D eigenvalue weighted by molar-refractivity contribution is 6.01. The van der Waals surface area contributed by atoms with Gasteiger partial charge in [0.2, 0.25) is 5.91 Å². The number of anilines is 2. The van der Waals surface area contributed by atoms with Crippen molar-refractivity contribution in [1.29, 1.82) is 0 Å². The van der Waals surface area contributed by atoms with Crippen molar-refractivity contribution in [3.63, 3.8) is 0 Å². The third-order valence-corrected chi connectivity index (χ3v) is 7.20. The molecule has 212 valence electrons. The second-order valence-electron chi connectivity index (χ2n) is 10.6. The highest BCUT2D eigenvalue weighted by atomic mass is 19.1. The van der Waals surface area contributed by atoms with Gasteiger partial charge in [-0.15, -0.1) is 6.42 Å². The number of rotatable bonds is 10. The Kier molecular flexibility index (Phi) is 8.98. The molecule has 1 aliphatic rings. The van der Waals surface area contributed by atoms with Gasteiger partial charge < -0.3 is 19.9 Å². The van der Waals surface area contributed by atoms with Crippen LogP contribution in [0.15, 0.2) is 78.2 Å². The lowest BCUT2D eigenvalue weighted by atomic mass is 9.84. The average Bonchev–Trinajstić information content (AvgIpc) is 3.08. The Balaban J connectivity index is 2.00. The molecule has 4 rings (SSSR count). The number of carbonyl (C=O) groups excluding carboxylic acids is 2. The number of fused-ring (bicyclic) bond motifs is 1. The molecule has 0 aliphatic carbocycles. The van der Waals surface area contributed by atoms with Gasteiger partial charge in [-0.25, -0.2) is 4.39 Å². The topological polar surface area (TPSA) is 88.1 Å². The standard InChI is InChI=1S/C33H33FN2O5/c1-5-17-40-23-15-16-24(25(34)19-23)31-32(41-21-37)26(20-33(3,4)6-2)35-30-27(13-10-14-28(30)38)36(31)29(39)18-22-11-8-7-9-12-22/h1,7-16,19,21,31,35,38H,6,17-18,20H2,2-4H3. The van der Waals surface area contributed by atoms with E-state index in [-0.39, 0.29) is 53.4 Å². The fraction of sp³-hybridized carbons (Fsp3) is 0.273. The molecular formula is C33H33FN2O5. The molecule has 7 nitrogen and oxygen atoms in total. The van der Waals surface area contributed by atoms with Gasteiger partial charge in [0.05, 0.1) is 17.8 Å². The number of para-hydroxylation sites is 1. The number of allylic oxidation sites excluding steroid dienone is 1. The normalized spacial score (nSPS) is 14.8. The number of phenolic OH excluding ortho intramolecular Hbond substituents is 1. The van der Waals surface area contributed by atoms with Crippen LogP contribution in [0.25, 0.3) is 0 Å². The number of amides is 1. The van der Waals surface area contributed by atoms with Crippen molar-refractivity contribution in [3.8, 4) is 23.8 Å². The minimum atomic E-state index is -1.20. The van der Waals surface area contributed by atoms with Crippen LogP contribution in [0.3, 0.4) is 0 Å². The van der Waals surface area contributed by atoms with Crippen molar-refractivity contribution in [2.75, 3.05) is 16.8 Å². The highest BCUT2D eigenvalue weighted by Crippen LogP contribution is 2.48. The minimum Gasteiger partial charge on any atom is -0.506 e. The number of terminal acetylenes is 1. The molecule has 41 heavy (non-hydrogen) atoms. The van der Waals surface area contributed by atoms with Gasteiger partial charge in [-0.3, -0.25) is 14.5 Å². The lowest BCUT2D eigenvalue weighted by Gasteiger charge is -2.33. The molecule has 8 heteroatoms. The van der Waals surface area contributed by atoms with Crippen LogP contribution < -0.4 is 15.0 Å². The third-order valence-electron chi connectivity index (χ3n) is 7.20. The largest absolute Gasteiger partial charge is 0.506 e. The van der Waals surface area contributed by atoms with Crippen LogP contribution in [0.1, 0.15) is 50.8 Å². The van der Waals surface area contributed by atoms with Crippen molar-refractivity contribution >= 4 is 23.8 Å². The summed E-state index contributed by atoms with van der Waals surface area (Å²) in [6.07, 6.45) is 6.41. The molecule has 3 aromatic rings. The third kappa shape index (κ3) is 6.52. The van der Waals surface area contributed by atoms with Gasteiger partial charge in [0.1, 0.15) is 35.7 Å². The first-order valence-corrected chi connectivity index (χ1v) is 13.3. The Labute approximate surface area is 239 Å². The Morgan fingerprint density at radius 3 is 2.59 bits per heavy atom. The van der Waals surface area contributed by atoms with E-state index in [1.807, 2.05) is 51.1 Å². The molecule has 0 saturated heterocycles. The quantitative estimate of drug-likeness (QED) is 0.168. The van der Waals surface area contributed by atoms with Gasteiger partial charge >= 0.3 is 0 Å². The maximum atomic E-state index is 16.0. The second-order valence-corrected chi connectivity index (χ2v) is 10.6. The minimum absolute atomic E-state index is 0.0262. The first-order valence-electron chi connectivity index (χ1n) is 13.3. The number of benzene rings is 3. The zero-order valence-electron chi connectivity index (χ0n) is 23.3. The smallest absolute Gasteiger partial charge is 0.298 e. The Morgan fingerprint density at radius 1 is 1.17 bits per heavy atom. The molecule has 2 N–H and O–H groups in total. The zero-order chi connectivity index (χ0) is 29.6. The SMILES string of the molecule is C#CCOc1ccc(C2C(OC=O)=C(CC(C)(C)CC)Nc3c(O)cccc3N2C(=O)Cc2ccccc2)c(F)c1. The van der Waals surface area contributed by atoms with Gasteiger partial charge in [0.15, 0.2) is 5.76 Å². The van der Waals surface area contributed by atoms with Gasteiger partial charge in [-0.1, -0.05) is 69.5 Å². The molecule has 3 aromatic carbocycles. The van der Waals surface area contributed by atoms with E-state index in [1.54, 1.807) is 18.2 Å². The van der Waals surface area contributed by atoms with Crippen molar-refractivity contribution in [2.24, 2.45) is 5.41 Å². The number of carbonyl (C=O) groups is 2. The summed E-state index contributed by atoms with van der Waals surface area (Å²) in [6.45, 7) is 6.34. The van der Waals surface area contributed by atoms with Gasteiger partial charge in [-0.05, 0) is 41.7 Å². The average molecular weight is 557 g/mol. The fourth-order valence-corrected chi connectivity index (χ4v) is 4.77. The molecule has 1 atom stereocenters. The molecule has 0 spiro atoms. The van der Waals surface area contributed by atoms with Crippen LogP contribution in [0.5, 0.6) is 11.5 Å². The van der Waals surface area contributed by atoms with Crippen molar-refractivity contribution in [3.05, 3.63) is 95.1 Å². The molecule has 0 radical (unpaired) electrons. The number of phenols is 1. The Hall–Kier alpha value is -4.77. The summed E-state index contributed by atoms with van der Waals surface area (Å²) in [5, 5.41) is 14.2. The summed E-state index contributed by atoms with van der Waals surface area (Å²) in [5.74, 6) is 1.41. The maximum Gasteiger partial charge on any atom is 0.298 e. The van der Waals surface area contributed by atoms with Gasteiger partial charge in [-0.2, -0.15) is 0 Å². The predicted octanol–water partition coefficient (Wildman–Crippen LogP) is 6.50. The number of nitrogens with one attached hydrogen (secondary N) is 1. The number of hydrogen-bond acceptors (Lipinski definition) is 6. The van der Waals surface area contributed by atoms with Gasteiger partial charge in [0.25, 0.3) is 6.47 Å². The molecule has 0 bridgehead atoms. The fourth-order valence-electron chi connectivity index (χ4n) is 4.77. The van der Waals surface area contributed by atoms with Crippen molar-refractivity contribution in [1.82, 2.24) is 0 Å². The van der Waals surface area contributed by atoms with Crippen LogP contribution in [-0.4, -0.2) is 24.1 Å². The first kappa shape index (κ1) is 29.2. The van der Waals surface area contributed by atoms with E-state index in [0.29, 0.717) is 17.8 Å². The number of ether oxygens (including phenoxy) is 2. The predicted molar refractivity (Wildman–Crippen MR) is 156 cm³/mol. The molecule has 1 heterocycles. The van der Waals surface area contributed by atoms with E-state index < -0.39 is 17.8 Å². The summed E-state index contributed by atoms with van der Waals surface area (Å²) in [6, 6.07) is 16.9. The van der Waals surface area contributed by atoms with Crippen LogP contribution in [0, 0.1) is 23.6 Å². The van der Waals surface area contributed by atoms with E-state index in [1.165, 1.54) is 23.1 Å². The van der Waals surface area contributed by atoms with Crippen LogP contribution in [0.4, 0.5) is 15.8 Å². The summed E-state index contributed by atoms with van der Waals surface area (Å²) in [4.78, 5) is 27.5. The van der Waals surface area contributed by atoms with Gasteiger partial charge in [0, 0.05) is 11.6 Å². The second kappa shape index (κ2) is 12.6. The lowest BCUT2D eigenvalue weighted by molar-refractivity contribution is -0.126. The van der Waals surface area contributed by atoms with E-state index in [0.717, 1.165) is 12.0 Å². The van der Waals surface area contributed by atoms with Crippen LogP contribution in [0.2, 0.25) is 0 Å². The van der Waals surface area contributed by atoms with Crippen LogP contribution >= 0.6 is 0 Å². The molecule has 0 saturated carbocycles. The highest BCUT2D eigenvalue weighted by Gasteiger charge is 2.40. The van der Waals surface area contributed by atoms with Crippen LogP contribution in [-0.2, 0) is 20.7 Å². The maximum absolute atomic E-state index is 16.0. The number of hydrogen-bond donors (Lipinski definition) is 2. The number of halogens is 1. The molecule has 0 aromatic heterocycles. The summed E-state index contributed by atoms with van der Waals surface area (Å²) in [7, 11) is 0. The van der Waals surface area contributed by atoms with E-state index >= 15 is 4.39 Å². The zero-order valence-corrected chi connectivity index (χ0v) is 23.3. The number of nitrogens with zero attached hydrogens (tertiary/aromatic N) is 1. The van der Waals surface area contributed by atoms with E-state index in [9.17, 15) is 14.7 Å². The summed E-state index contributed by atoms with van der Waals surface area (Å²) >= 11 is 0. The molecule has 1 amide bonds. The first-order chi connectivity index (χ1) is 19.7. The monoisotopic (exact) mass is 556 g/mol. The molecular weight excluding hydrogens is 523 g/mol. The molecule has 1 aliphatic heterocycles. The van der Waals surface area contributed by atoms with E-state index in [4.69, 9.17) is 15.9 Å². The Morgan fingerprint density at radius 2 is 1.93 bits per heavy atom. The molecule has 0 fully saturated rings. The summed E-state index contributed by atoms with van der Waals surface area (Å²) in [5.41, 5.74) is 1.53. The van der Waals surface area contributed by atoms with Crippen molar-refractivity contribution < 1.29 is 28.6 Å². The van der Waals surface area contributed by atoms with Crippen molar-refractivity contribution in [2.45, 2.75) is 46.1 Å². The lowest BCUT2D eigenvalue weighted by Crippen LogP contribution is -2.38. The summed E-state index contributed by atoms with van der Waals surface area (Å²) < 4.78 is 27.0. The molecule has 1 unspecified atom stereocenters. The van der Waals surface area contributed by atoms with E-state index in [2.05, 4.69) is 11.2 Å².